The lowest BCUT2D eigenvalue weighted by atomic mass is 10.2. The first kappa shape index (κ1) is 14.0. The van der Waals surface area contributed by atoms with E-state index >= 15 is 0 Å². The highest BCUT2D eigenvalue weighted by Gasteiger charge is 2.14. The van der Waals surface area contributed by atoms with E-state index in [1.54, 1.807) is 28.8 Å². The molecular weight excluding hydrogens is 318 g/mol. The molecule has 0 saturated heterocycles. The molecule has 0 amide bonds. The Hall–Kier alpha value is -2.67. The van der Waals surface area contributed by atoms with Crippen LogP contribution in [0.2, 0.25) is 0 Å². The Bertz CT molecular complexity index is 975. The highest BCUT2D eigenvalue weighted by atomic mass is 32.1. The van der Waals surface area contributed by atoms with Gasteiger partial charge in [-0.25, -0.2) is 8.78 Å². The maximum absolute atomic E-state index is 13.4. The molecule has 7 heteroatoms. The van der Waals surface area contributed by atoms with Gasteiger partial charge in [0.25, 0.3) is 0 Å². The summed E-state index contributed by atoms with van der Waals surface area (Å²) in [4.78, 5) is 0.640. The minimum absolute atomic E-state index is 0.264. The van der Waals surface area contributed by atoms with Gasteiger partial charge in [-0.1, -0.05) is 35.6 Å². The van der Waals surface area contributed by atoms with Crippen molar-refractivity contribution in [2.75, 3.05) is 0 Å². The lowest BCUT2D eigenvalue weighted by molar-refractivity contribution is 0.627. The van der Waals surface area contributed by atoms with E-state index in [9.17, 15) is 8.78 Å². The Labute approximate surface area is 134 Å². The highest BCUT2D eigenvalue weighted by Crippen LogP contribution is 2.23. The Morgan fingerprint density at radius 3 is 2.57 bits per heavy atom. The maximum Gasteiger partial charge on any atom is 0.234 e. The van der Waals surface area contributed by atoms with Gasteiger partial charge in [-0.2, -0.15) is 9.61 Å². The summed E-state index contributed by atoms with van der Waals surface area (Å²) in [5.41, 5.74) is 1.58. The van der Waals surface area contributed by atoms with Gasteiger partial charge in [-0.05, 0) is 29.8 Å². The van der Waals surface area contributed by atoms with E-state index in [0.717, 1.165) is 10.6 Å². The fraction of sp³-hybridized carbons (Fsp3) is 0.0625. The van der Waals surface area contributed by atoms with Gasteiger partial charge in [0, 0.05) is 12.0 Å². The number of benzene rings is 2. The van der Waals surface area contributed by atoms with Crippen LogP contribution in [-0.2, 0) is 6.42 Å². The molecule has 0 bridgehead atoms. The molecule has 0 fully saturated rings. The summed E-state index contributed by atoms with van der Waals surface area (Å²) in [6.45, 7) is 0. The van der Waals surface area contributed by atoms with E-state index in [1.807, 2.05) is 0 Å². The van der Waals surface area contributed by atoms with Gasteiger partial charge in [-0.15, -0.1) is 10.2 Å². The monoisotopic (exact) mass is 328 g/mol. The quantitative estimate of drug-likeness (QED) is 0.576. The minimum Gasteiger partial charge on any atom is -0.207 e. The molecule has 0 atom stereocenters. The van der Waals surface area contributed by atoms with Crippen molar-refractivity contribution in [2.45, 2.75) is 6.42 Å². The molecule has 2 aromatic heterocycles. The van der Waals surface area contributed by atoms with Crippen LogP contribution >= 0.6 is 11.3 Å². The summed E-state index contributed by atoms with van der Waals surface area (Å²) in [5, 5.41) is 13.5. The predicted molar refractivity (Wildman–Crippen MR) is 83.3 cm³/mol. The van der Waals surface area contributed by atoms with E-state index in [1.165, 1.54) is 35.6 Å². The lowest BCUT2D eigenvalue weighted by Gasteiger charge is -1.98. The first-order chi connectivity index (χ1) is 11.2. The van der Waals surface area contributed by atoms with Crippen LogP contribution in [0, 0.1) is 11.6 Å². The molecule has 0 unspecified atom stereocenters. The van der Waals surface area contributed by atoms with Crippen molar-refractivity contribution in [3.63, 3.8) is 0 Å². The second-order valence-corrected chi connectivity index (χ2v) is 6.07. The molecule has 0 saturated carbocycles. The third-order valence-electron chi connectivity index (χ3n) is 3.38. The van der Waals surface area contributed by atoms with Gasteiger partial charge in [0.15, 0.2) is 5.82 Å². The summed E-state index contributed by atoms with van der Waals surface area (Å²) < 4.78 is 27.9. The van der Waals surface area contributed by atoms with Crippen LogP contribution in [0.25, 0.3) is 16.3 Å². The number of aromatic nitrogens is 4. The highest BCUT2D eigenvalue weighted by molar-refractivity contribution is 7.16. The zero-order chi connectivity index (χ0) is 15.8. The van der Waals surface area contributed by atoms with Crippen molar-refractivity contribution in [1.82, 2.24) is 19.8 Å². The zero-order valence-corrected chi connectivity index (χ0v) is 12.6. The van der Waals surface area contributed by atoms with E-state index in [0.29, 0.717) is 22.8 Å². The van der Waals surface area contributed by atoms with Crippen molar-refractivity contribution in [3.8, 4) is 11.4 Å². The third kappa shape index (κ3) is 2.70. The van der Waals surface area contributed by atoms with Gasteiger partial charge in [0.2, 0.25) is 4.96 Å². The van der Waals surface area contributed by atoms with Crippen LogP contribution in [0.4, 0.5) is 8.78 Å². The third-order valence-corrected chi connectivity index (χ3v) is 4.28. The lowest BCUT2D eigenvalue weighted by Crippen LogP contribution is -1.94. The molecule has 4 aromatic rings. The van der Waals surface area contributed by atoms with Gasteiger partial charge in [0.05, 0.1) is 0 Å². The Morgan fingerprint density at radius 1 is 0.957 bits per heavy atom. The first-order valence-electron chi connectivity index (χ1n) is 6.90. The van der Waals surface area contributed by atoms with Gasteiger partial charge in [0.1, 0.15) is 16.6 Å². The largest absolute Gasteiger partial charge is 0.234 e. The van der Waals surface area contributed by atoms with Crippen LogP contribution in [-0.4, -0.2) is 19.8 Å². The zero-order valence-electron chi connectivity index (χ0n) is 11.8. The smallest absolute Gasteiger partial charge is 0.207 e. The van der Waals surface area contributed by atoms with E-state index in [-0.39, 0.29) is 11.6 Å². The van der Waals surface area contributed by atoms with E-state index in [2.05, 4.69) is 15.3 Å². The van der Waals surface area contributed by atoms with Crippen LogP contribution < -0.4 is 0 Å². The predicted octanol–water partition coefficient (Wildman–Crippen LogP) is 3.72. The topological polar surface area (TPSA) is 43.1 Å². The summed E-state index contributed by atoms with van der Waals surface area (Å²) >= 11 is 1.41. The molecule has 4 rings (SSSR count). The molecule has 0 aliphatic carbocycles. The second-order valence-electron chi connectivity index (χ2n) is 5.03. The molecule has 4 nitrogen and oxygen atoms in total. The Balaban J connectivity index is 1.70. The number of rotatable bonds is 3. The van der Waals surface area contributed by atoms with Crippen LogP contribution in [0.1, 0.15) is 10.6 Å². The van der Waals surface area contributed by atoms with Crippen molar-refractivity contribution in [3.05, 3.63) is 70.7 Å². The summed E-state index contributed by atoms with van der Waals surface area (Å²) in [7, 11) is 0. The molecule has 0 N–H and O–H groups in total. The molecule has 0 spiro atoms. The average Bonchev–Trinajstić information content (AvgIpc) is 3.09. The molecule has 23 heavy (non-hydrogen) atoms. The molecule has 0 radical (unpaired) electrons. The van der Waals surface area contributed by atoms with Crippen LogP contribution in [0.5, 0.6) is 0 Å². The fourth-order valence-electron chi connectivity index (χ4n) is 2.31. The normalized spacial score (nSPS) is 11.2. The SMILES string of the molecule is Fc1ccc(Cc2nn3c(-c4cccc(F)c4)nnc3s2)cc1. The molecule has 0 aliphatic rings. The van der Waals surface area contributed by atoms with Crippen molar-refractivity contribution >= 4 is 16.3 Å². The minimum atomic E-state index is -0.332. The van der Waals surface area contributed by atoms with Crippen LogP contribution in [0.3, 0.4) is 0 Å². The maximum atomic E-state index is 13.4. The molecule has 114 valence electrons. The van der Waals surface area contributed by atoms with E-state index in [4.69, 9.17) is 0 Å². The Kier molecular flexibility index (Phi) is 3.34. The number of hydrogen-bond donors (Lipinski definition) is 0. The molecule has 0 aliphatic heterocycles. The average molecular weight is 328 g/mol. The summed E-state index contributed by atoms with van der Waals surface area (Å²) in [6, 6.07) is 12.5. The molecular formula is C16H10F2N4S. The van der Waals surface area contributed by atoms with Gasteiger partial charge in [-0.3, -0.25) is 0 Å². The number of fused-ring (bicyclic) bond motifs is 1. The fourth-order valence-corrected chi connectivity index (χ4v) is 3.18. The van der Waals surface area contributed by atoms with Gasteiger partial charge >= 0.3 is 0 Å². The number of hydrogen-bond acceptors (Lipinski definition) is 4. The Morgan fingerprint density at radius 2 is 1.78 bits per heavy atom. The number of nitrogens with zero attached hydrogens (tertiary/aromatic N) is 4. The summed E-state index contributed by atoms with van der Waals surface area (Å²) in [6.07, 6.45) is 0.580. The summed E-state index contributed by atoms with van der Waals surface area (Å²) in [5.74, 6) is -0.0950. The van der Waals surface area contributed by atoms with Crippen molar-refractivity contribution < 1.29 is 8.78 Å². The van der Waals surface area contributed by atoms with Gasteiger partial charge < -0.3 is 0 Å². The van der Waals surface area contributed by atoms with Crippen molar-refractivity contribution in [1.29, 1.82) is 0 Å². The molecule has 2 aromatic carbocycles. The molecule has 2 heterocycles. The first-order valence-corrected chi connectivity index (χ1v) is 7.72. The van der Waals surface area contributed by atoms with Crippen molar-refractivity contribution in [2.24, 2.45) is 0 Å². The number of halogens is 2. The van der Waals surface area contributed by atoms with E-state index < -0.39 is 0 Å². The standard InChI is InChI=1S/C16H10F2N4S/c17-12-6-4-10(5-7-12)8-14-21-22-15(19-20-16(22)23-14)11-2-1-3-13(18)9-11/h1-7,9H,8H2. The van der Waals surface area contributed by atoms with Crippen LogP contribution in [0.15, 0.2) is 48.5 Å². The second kappa shape index (κ2) is 5.51.